The van der Waals surface area contributed by atoms with Gasteiger partial charge >= 0.3 is 0 Å². The van der Waals surface area contributed by atoms with Gasteiger partial charge in [-0.25, -0.2) is 4.98 Å². The zero-order valence-corrected chi connectivity index (χ0v) is 14.6. The molecule has 0 fully saturated rings. The molecule has 0 radical (unpaired) electrons. The molecular formula is C23H18N2O2. The van der Waals surface area contributed by atoms with Gasteiger partial charge in [0.15, 0.2) is 0 Å². The second-order valence-electron chi connectivity index (χ2n) is 6.11. The number of aromatic amines is 1. The molecule has 0 unspecified atom stereocenters. The molecular weight excluding hydrogens is 336 g/mol. The Morgan fingerprint density at radius 1 is 0.852 bits per heavy atom. The molecule has 0 saturated carbocycles. The minimum atomic E-state index is -0.215. The standard InChI is InChI=1S/C23H18N2O2/c26-23-21(24-19-11-5-6-12-20(19)25-23)15-14-18-10-4-7-13-22(18)27-16-17-8-2-1-3-9-17/h1-15H,16H2,(H,25,26)/b15-14+. The first-order chi connectivity index (χ1) is 13.3. The van der Waals surface area contributed by atoms with E-state index in [1.807, 2.05) is 84.9 Å². The van der Waals surface area contributed by atoms with E-state index in [0.717, 1.165) is 27.9 Å². The molecule has 1 N–H and O–H groups in total. The molecule has 0 spiro atoms. The molecule has 0 bridgehead atoms. The molecule has 4 aromatic rings. The van der Waals surface area contributed by atoms with Crippen molar-refractivity contribution >= 4 is 23.2 Å². The second-order valence-corrected chi connectivity index (χ2v) is 6.11. The maximum atomic E-state index is 12.2. The Kier molecular flexibility index (Phi) is 4.79. The second kappa shape index (κ2) is 7.70. The fraction of sp³-hybridized carbons (Fsp3) is 0.0435. The highest BCUT2D eigenvalue weighted by Gasteiger charge is 2.04. The first-order valence-electron chi connectivity index (χ1n) is 8.72. The first-order valence-corrected chi connectivity index (χ1v) is 8.72. The quantitative estimate of drug-likeness (QED) is 0.566. The van der Waals surface area contributed by atoms with E-state index in [4.69, 9.17) is 4.74 Å². The molecule has 0 saturated heterocycles. The van der Waals surface area contributed by atoms with Crippen LogP contribution in [0.3, 0.4) is 0 Å². The van der Waals surface area contributed by atoms with Crippen LogP contribution < -0.4 is 10.3 Å². The highest BCUT2D eigenvalue weighted by atomic mass is 16.5. The van der Waals surface area contributed by atoms with E-state index in [2.05, 4.69) is 9.97 Å². The monoisotopic (exact) mass is 354 g/mol. The number of ether oxygens (including phenoxy) is 1. The average molecular weight is 354 g/mol. The number of aromatic nitrogens is 2. The number of para-hydroxylation sites is 3. The number of H-pyrrole nitrogens is 1. The summed E-state index contributed by atoms with van der Waals surface area (Å²) in [4.78, 5) is 19.5. The lowest BCUT2D eigenvalue weighted by Gasteiger charge is -2.09. The van der Waals surface area contributed by atoms with Crippen LogP contribution in [0.1, 0.15) is 16.8 Å². The third-order valence-electron chi connectivity index (χ3n) is 4.20. The topological polar surface area (TPSA) is 55.0 Å². The van der Waals surface area contributed by atoms with Gasteiger partial charge in [-0.05, 0) is 35.9 Å². The van der Waals surface area contributed by atoms with Gasteiger partial charge < -0.3 is 9.72 Å². The summed E-state index contributed by atoms with van der Waals surface area (Å²) in [7, 11) is 0. The Labute approximate surface area is 156 Å². The lowest BCUT2D eigenvalue weighted by molar-refractivity contribution is 0.305. The number of benzene rings is 3. The van der Waals surface area contributed by atoms with Gasteiger partial charge in [-0.2, -0.15) is 0 Å². The van der Waals surface area contributed by atoms with E-state index in [-0.39, 0.29) is 5.56 Å². The van der Waals surface area contributed by atoms with Crippen LogP contribution in [0.2, 0.25) is 0 Å². The molecule has 4 nitrogen and oxygen atoms in total. The van der Waals surface area contributed by atoms with E-state index >= 15 is 0 Å². The molecule has 0 aliphatic rings. The normalized spacial score (nSPS) is 11.1. The summed E-state index contributed by atoms with van der Waals surface area (Å²) >= 11 is 0. The van der Waals surface area contributed by atoms with Crippen molar-refractivity contribution in [3.63, 3.8) is 0 Å². The lowest BCUT2D eigenvalue weighted by atomic mass is 10.1. The van der Waals surface area contributed by atoms with E-state index in [1.54, 1.807) is 6.08 Å². The van der Waals surface area contributed by atoms with Gasteiger partial charge in [-0.1, -0.05) is 60.7 Å². The Balaban J connectivity index is 1.59. The Bertz CT molecular complexity index is 1150. The van der Waals surface area contributed by atoms with Gasteiger partial charge in [-0.3, -0.25) is 4.79 Å². The summed E-state index contributed by atoms with van der Waals surface area (Å²) < 4.78 is 5.95. The van der Waals surface area contributed by atoms with Crippen molar-refractivity contribution in [1.82, 2.24) is 9.97 Å². The molecule has 0 amide bonds. The third kappa shape index (κ3) is 3.96. The van der Waals surface area contributed by atoms with Crippen molar-refractivity contribution in [2.75, 3.05) is 0 Å². The number of hydrogen-bond acceptors (Lipinski definition) is 3. The molecule has 4 heteroatoms. The van der Waals surface area contributed by atoms with Crippen molar-refractivity contribution in [3.05, 3.63) is 106 Å². The van der Waals surface area contributed by atoms with Gasteiger partial charge in [0.25, 0.3) is 5.56 Å². The van der Waals surface area contributed by atoms with Crippen molar-refractivity contribution < 1.29 is 4.74 Å². The number of rotatable bonds is 5. The van der Waals surface area contributed by atoms with Crippen molar-refractivity contribution in [2.24, 2.45) is 0 Å². The molecule has 1 heterocycles. The van der Waals surface area contributed by atoms with Crippen LogP contribution in [0.25, 0.3) is 23.2 Å². The van der Waals surface area contributed by atoms with Gasteiger partial charge in [0.2, 0.25) is 0 Å². The molecule has 27 heavy (non-hydrogen) atoms. The van der Waals surface area contributed by atoms with E-state index in [0.29, 0.717) is 12.3 Å². The predicted octanol–water partition coefficient (Wildman–Crippen LogP) is 4.67. The molecule has 3 aromatic carbocycles. The average Bonchev–Trinajstić information content (AvgIpc) is 2.72. The van der Waals surface area contributed by atoms with Crippen LogP contribution in [-0.4, -0.2) is 9.97 Å². The van der Waals surface area contributed by atoms with Crippen molar-refractivity contribution in [3.8, 4) is 5.75 Å². The molecule has 132 valence electrons. The van der Waals surface area contributed by atoms with Gasteiger partial charge in [0.05, 0.1) is 11.0 Å². The SMILES string of the molecule is O=c1[nH]c2ccccc2nc1/C=C/c1ccccc1OCc1ccccc1. The minimum absolute atomic E-state index is 0.215. The van der Waals surface area contributed by atoms with E-state index < -0.39 is 0 Å². The number of nitrogens with zero attached hydrogens (tertiary/aromatic N) is 1. The molecule has 0 aliphatic heterocycles. The summed E-state index contributed by atoms with van der Waals surface area (Å²) in [5.41, 5.74) is 3.63. The van der Waals surface area contributed by atoms with Crippen LogP contribution in [0.4, 0.5) is 0 Å². The minimum Gasteiger partial charge on any atom is -0.488 e. The number of fused-ring (bicyclic) bond motifs is 1. The summed E-state index contributed by atoms with van der Waals surface area (Å²) in [5.74, 6) is 0.759. The van der Waals surface area contributed by atoms with Crippen LogP contribution in [-0.2, 0) is 6.61 Å². The highest BCUT2D eigenvalue weighted by Crippen LogP contribution is 2.21. The van der Waals surface area contributed by atoms with Crippen LogP contribution in [0.15, 0.2) is 83.7 Å². The zero-order valence-electron chi connectivity index (χ0n) is 14.6. The van der Waals surface area contributed by atoms with Crippen molar-refractivity contribution in [2.45, 2.75) is 6.61 Å². The van der Waals surface area contributed by atoms with Crippen molar-refractivity contribution in [1.29, 1.82) is 0 Å². The summed E-state index contributed by atoms with van der Waals surface area (Å²) in [6.07, 6.45) is 3.57. The molecule has 1 aromatic heterocycles. The first kappa shape index (κ1) is 16.8. The molecule has 0 atom stereocenters. The fourth-order valence-corrected chi connectivity index (χ4v) is 2.81. The van der Waals surface area contributed by atoms with E-state index in [1.165, 1.54) is 0 Å². The Morgan fingerprint density at radius 3 is 2.48 bits per heavy atom. The number of hydrogen-bond donors (Lipinski definition) is 1. The summed E-state index contributed by atoms with van der Waals surface area (Å²) in [6, 6.07) is 25.2. The largest absolute Gasteiger partial charge is 0.488 e. The van der Waals surface area contributed by atoms with Crippen LogP contribution >= 0.6 is 0 Å². The summed E-state index contributed by atoms with van der Waals surface area (Å²) in [6.45, 7) is 0.487. The van der Waals surface area contributed by atoms with Crippen LogP contribution in [0.5, 0.6) is 5.75 Å². The van der Waals surface area contributed by atoms with Gasteiger partial charge in [0.1, 0.15) is 18.1 Å². The Morgan fingerprint density at radius 2 is 1.59 bits per heavy atom. The number of nitrogens with one attached hydrogen (secondary N) is 1. The van der Waals surface area contributed by atoms with Gasteiger partial charge in [-0.15, -0.1) is 0 Å². The highest BCUT2D eigenvalue weighted by molar-refractivity contribution is 5.77. The predicted molar refractivity (Wildman–Crippen MR) is 109 cm³/mol. The molecule has 4 rings (SSSR count). The maximum absolute atomic E-state index is 12.2. The van der Waals surface area contributed by atoms with Gasteiger partial charge in [0, 0.05) is 5.56 Å². The lowest BCUT2D eigenvalue weighted by Crippen LogP contribution is -2.11. The smallest absolute Gasteiger partial charge is 0.274 e. The zero-order chi connectivity index (χ0) is 18.5. The molecule has 0 aliphatic carbocycles. The summed E-state index contributed by atoms with van der Waals surface area (Å²) in [5, 5.41) is 0. The fourth-order valence-electron chi connectivity index (χ4n) is 2.81. The van der Waals surface area contributed by atoms with Crippen LogP contribution in [0, 0.1) is 0 Å². The third-order valence-corrected chi connectivity index (χ3v) is 4.20. The Hall–Kier alpha value is -3.66. The maximum Gasteiger partial charge on any atom is 0.274 e. The van der Waals surface area contributed by atoms with E-state index in [9.17, 15) is 4.79 Å².